The first-order valence-corrected chi connectivity index (χ1v) is 10.8. The number of amidine groups is 1. The van der Waals surface area contributed by atoms with Gasteiger partial charge in [0.15, 0.2) is 0 Å². The quantitative estimate of drug-likeness (QED) is 0.358. The maximum Gasteiger partial charge on any atom is 0.264 e. The fourth-order valence-electron chi connectivity index (χ4n) is 3.95. The minimum atomic E-state index is -2.66. The summed E-state index contributed by atoms with van der Waals surface area (Å²) in [6.45, 7) is 1.32. The summed E-state index contributed by atoms with van der Waals surface area (Å²) < 4.78 is 32.5. The number of nitrogens with zero attached hydrogens (tertiary/aromatic N) is 2. The number of anilines is 1. The molecule has 8 nitrogen and oxygen atoms in total. The van der Waals surface area contributed by atoms with Gasteiger partial charge in [0.05, 0.1) is 18.2 Å². The summed E-state index contributed by atoms with van der Waals surface area (Å²) in [6.07, 6.45) is -1.62. The summed E-state index contributed by atoms with van der Waals surface area (Å²) in [6, 6.07) is 12.9. The summed E-state index contributed by atoms with van der Waals surface area (Å²) in [4.78, 5) is 8.94. The molecule has 2 aromatic carbocycles. The number of alkyl halides is 2. The van der Waals surface area contributed by atoms with Crippen LogP contribution in [-0.2, 0) is 0 Å². The predicted molar refractivity (Wildman–Crippen MR) is 124 cm³/mol. The van der Waals surface area contributed by atoms with Crippen molar-refractivity contribution in [3.05, 3.63) is 71.6 Å². The second-order valence-corrected chi connectivity index (χ2v) is 8.25. The summed E-state index contributed by atoms with van der Waals surface area (Å²) in [5.74, 6) is 0.127. The highest BCUT2D eigenvalue weighted by molar-refractivity contribution is 6.04. The van der Waals surface area contributed by atoms with Crippen LogP contribution in [0.25, 0.3) is 0 Å². The van der Waals surface area contributed by atoms with E-state index in [2.05, 4.69) is 15.6 Å². The van der Waals surface area contributed by atoms with Crippen molar-refractivity contribution in [1.82, 2.24) is 5.32 Å². The van der Waals surface area contributed by atoms with E-state index < -0.39 is 36.8 Å². The zero-order chi connectivity index (χ0) is 24.3. The fourth-order valence-corrected chi connectivity index (χ4v) is 3.95. The number of halogens is 2. The second-order valence-electron chi connectivity index (χ2n) is 8.25. The van der Waals surface area contributed by atoms with Crippen LogP contribution in [0.1, 0.15) is 24.5 Å². The first kappa shape index (κ1) is 23.8. The van der Waals surface area contributed by atoms with Crippen LogP contribution in [0.2, 0.25) is 0 Å². The van der Waals surface area contributed by atoms with E-state index in [9.17, 15) is 19.0 Å². The molecule has 4 rings (SSSR count). The molecule has 0 aromatic heterocycles. The Balaban J connectivity index is 1.54. The number of aliphatic hydroxyl groups is 3. The van der Waals surface area contributed by atoms with Gasteiger partial charge < -0.3 is 30.7 Å². The Bertz CT molecular complexity index is 1120. The Kier molecular flexibility index (Phi) is 6.92. The molecule has 5 N–H and O–H groups in total. The van der Waals surface area contributed by atoms with E-state index in [-0.39, 0.29) is 12.2 Å². The predicted octanol–water partition coefficient (Wildman–Crippen LogP) is 2.44. The fraction of sp³-hybridized carbons (Fsp3) is 0.333. The van der Waals surface area contributed by atoms with Crippen molar-refractivity contribution in [3.8, 4) is 5.75 Å². The van der Waals surface area contributed by atoms with Crippen molar-refractivity contribution in [2.45, 2.75) is 31.2 Å². The largest absolute Gasteiger partial charge is 0.491 e. The van der Waals surface area contributed by atoms with Crippen molar-refractivity contribution < 1.29 is 28.8 Å². The monoisotopic (exact) mass is 472 g/mol. The van der Waals surface area contributed by atoms with Gasteiger partial charge in [0.1, 0.15) is 36.1 Å². The van der Waals surface area contributed by atoms with Crippen molar-refractivity contribution in [2.24, 2.45) is 15.9 Å². The molecule has 0 bridgehead atoms. The van der Waals surface area contributed by atoms with Gasteiger partial charge in [-0.05, 0) is 19.1 Å². The Morgan fingerprint density at radius 1 is 1.18 bits per heavy atom. The van der Waals surface area contributed by atoms with Crippen LogP contribution in [0.5, 0.6) is 5.75 Å². The molecule has 0 amide bonds. The van der Waals surface area contributed by atoms with Crippen LogP contribution in [0, 0.1) is 5.92 Å². The summed E-state index contributed by atoms with van der Waals surface area (Å²) >= 11 is 0. The summed E-state index contributed by atoms with van der Waals surface area (Å²) in [5.41, 5.74) is 0.351. The number of nitrogens with one attached hydrogen (secondary N) is 2. The molecule has 34 heavy (non-hydrogen) atoms. The molecule has 180 valence electrons. The minimum Gasteiger partial charge on any atom is -0.491 e. The Labute approximate surface area is 195 Å². The molecule has 0 saturated heterocycles. The third-order valence-corrected chi connectivity index (χ3v) is 5.83. The van der Waals surface area contributed by atoms with Gasteiger partial charge in [-0.25, -0.2) is 8.78 Å². The molecule has 2 aromatic rings. The molecular weight excluding hydrogens is 446 g/mol. The molecule has 2 aliphatic rings. The van der Waals surface area contributed by atoms with E-state index in [1.165, 1.54) is 6.07 Å². The van der Waals surface area contributed by atoms with Crippen molar-refractivity contribution in [3.63, 3.8) is 0 Å². The highest BCUT2D eigenvalue weighted by Gasteiger charge is 2.47. The number of hydrogen-bond donors (Lipinski definition) is 5. The Morgan fingerprint density at radius 3 is 2.74 bits per heavy atom. The number of benzene rings is 2. The van der Waals surface area contributed by atoms with Gasteiger partial charge in [-0.15, -0.1) is 0 Å². The molecule has 2 heterocycles. The molecule has 0 saturated carbocycles. The first-order chi connectivity index (χ1) is 16.3. The van der Waals surface area contributed by atoms with Gasteiger partial charge in [0.2, 0.25) is 0 Å². The lowest BCUT2D eigenvalue weighted by molar-refractivity contribution is 0.0536. The van der Waals surface area contributed by atoms with Crippen LogP contribution in [0.4, 0.5) is 14.5 Å². The molecule has 0 spiro atoms. The maximum absolute atomic E-state index is 13.5. The molecule has 0 aliphatic carbocycles. The lowest BCUT2D eigenvalue weighted by Crippen LogP contribution is -2.47. The number of rotatable bonds is 9. The zero-order valence-electron chi connectivity index (χ0n) is 18.4. The second kappa shape index (κ2) is 9.88. The smallest absolute Gasteiger partial charge is 0.264 e. The third-order valence-electron chi connectivity index (χ3n) is 5.83. The van der Waals surface area contributed by atoms with Gasteiger partial charge >= 0.3 is 0 Å². The zero-order valence-corrected chi connectivity index (χ0v) is 18.4. The number of hydrogen-bond acceptors (Lipinski definition) is 8. The number of fused-ring (bicyclic) bond motifs is 1. The average Bonchev–Trinajstić information content (AvgIpc) is 3.19. The Morgan fingerprint density at radius 2 is 1.97 bits per heavy atom. The van der Waals surface area contributed by atoms with E-state index in [0.717, 1.165) is 0 Å². The van der Waals surface area contributed by atoms with Gasteiger partial charge in [0, 0.05) is 35.3 Å². The van der Waals surface area contributed by atoms with Crippen molar-refractivity contribution >= 4 is 17.7 Å². The highest BCUT2D eigenvalue weighted by Crippen LogP contribution is 2.38. The van der Waals surface area contributed by atoms with Crippen LogP contribution in [-0.4, -0.2) is 58.5 Å². The van der Waals surface area contributed by atoms with E-state index >= 15 is 0 Å². The Hall–Kier alpha value is -3.34. The summed E-state index contributed by atoms with van der Waals surface area (Å²) in [5, 5.41) is 35.5. The maximum atomic E-state index is 13.5. The van der Waals surface area contributed by atoms with Crippen LogP contribution in [0.15, 0.2) is 70.4 Å². The SMILES string of the molecule is CC12N=C(c3ccccc3C(F)F)NC1=CN=CC2C(O)Nc1cccc(OC[C@H](O)CO)c1. The van der Waals surface area contributed by atoms with E-state index in [0.29, 0.717) is 28.5 Å². The molecular formula is C24H26F2N4O4. The first-order valence-electron chi connectivity index (χ1n) is 10.8. The average molecular weight is 472 g/mol. The topological polar surface area (TPSA) is 119 Å². The number of aliphatic hydroxyl groups excluding tert-OH is 3. The molecule has 4 atom stereocenters. The van der Waals surface area contributed by atoms with Crippen molar-refractivity contribution in [1.29, 1.82) is 0 Å². The van der Waals surface area contributed by atoms with Crippen LogP contribution >= 0.6 is 0 Å². The third kappa shape index (κ3) is 4.79. The normalized spacial score (nSPS) is 23.0. The van der Waals surface area contributed by atoms with E-state index in [1.807, 2.05) is 0 Å². The van der Waals surface area contributed by atoms with Crippen LogP contribution < -0.4 is 15.4 Å². The van der Waals surface area contributed by atoms with Crippen molar-refractivity contribution in [2.75, 3.05) is 18.5 Å². The molecule has 10 heteroatoms. The van der Waals surface area contributed by atoms with Gasteiger partial charge in [-0.2, -0.15) is 0 Å². The minimum absolute atomic E-state index is 0.0761. The molecule has 0 fully saturated rings. The molecule has 0 radical (unpaired) electrons. The van der Waals surface area contributed by atoms with Gasteiger partial charge in [0.25, 0.3) is 6.43 Å². The van der Waals surface area contributed by atoms with Crippen LogP contribution in [0.3, 0.4) is 0 Å². The van der Waals surface area contributed by atoms with E-state index in [4.69, 9.17) is 14.8 Å². The molecule has 2 aliphatic heterocycles. The standard InChI is InChI=1S/C24H26F2N4O4/c1-24-19(23(33)28-14-5-4-6-16(9-14)34-13-15(32)12-31)10-27-11-20(24)29-22(30-24)18-8-3-2-7-17(18)21(25)26/h2-11,15,19,21,23,28,31-33H,12-13H2,1H3,(H,29,30)/t15-,19?,23?,24?/m1/s1. The molecule has 3 unspecified atom stereocenters. The van der Waals surface area contributed by atoms with Gasteiger partial charge in [-0.3, -0.25) is 9.98 Å². The summed E-state index contributed by atoms with van der Waals surface area (Å²) in [7, 11) is 0. The number of aliphatic imine (C=N–C) groups is 2. The van der Waals surface area contributed by atoms with Gasteiger partial charge in [-0.1, -0.05) is 30.3 Å². The number of ether oxygens (including phenoxy) is 1. The lowest BCUT2D eigenvalue weighted by Gasteiger charge is -2.35. The highest BCUT2D eigenvalue weighted by atomic mass is 19.3. The van der Waals surface area contributed by atoms with E-state index in [1.54, 1.807) is 61.8 Å². The lowest BCUT2D eigenvalue weighted by atomic mass is 9.82.